The smallest absolute Gasteiger partial charge is 0.305 e. The van der Waals surface area contributed by atoms with Crippen LogP contribution < -0.4 is 11.1 Å². The van der Waals surface area contributed by atoms with E-state index in [1.807, 2.05) is 0 Å². The lowest BCUT2D eigenvalue weighted by Crippen LogP contribution is -2.47. The topological polar surface area (TPSA) is 92.4 Å². The Hall–Kier alpha value is -1.10. The number of aliphatic carboxylic acids is 1. The van der Waals surface area contributed by atoms with Crippen LogP contribution in [0.15, 0.2) is 0 Å². The van der Waals surface area contributed by atoms with E-state index in [1.54, 1.807) is 0 Å². The zero-order chi connectivity index (χ0) is 14.1. The minimum Gasteiger partial charge on any atom is -0.481 e. The zero-order valence-electron chi connectivity index (χ0n) is 11.6. The first-order valence-corrected chi connectivity index (χ1v) is 7.31. The van der Waals surface area contributed by atoms with E-state index in [4.69, 9.17) is 10.8 Å². The van der Waals surface area contributed by atoms with Crippen molar-refractivity contribution in [1.82, 2.24) is 5.32 Å². The van der Waals surface area contributed by atoms with Gasteiger partial charge >= 0.3 is 5.97 Å². The Balaban J connectivity index is 2.29. The molecule has 0 aromatic rings. The summed E-state index contributed by atoms with van der Waals surface area (Å²) in [6, 6.07) is 0. The number of nitrogens with one attached hydrogen (secondary N) is 1. The van der Waals surface area contributed by atoms with Gasteiger partial charge in [-0.1, -0.05) is 25.7 Å². The van der Waals surface area contributed by atoms with Crippen LogP contribution in [0.2, 0.25) is 0 Å². The summed E-state index contributed by atoms with van der Waals surface area (Å²) in [6.45, 7) is 0.702. The maximum atomic E-state index is 11.9. The van der Waals surface area contributed by atoms with Crippen LogP contribution in [0.4, 0.5) is 0 Å². The summed E-state index contributed by atoms with van der Waals surface area (Å²) in [5, 5.41) is 11.9. The Bertz CT molecular complexity index is 299. The van der Waals surface area contributed by atoms with Crippen LogP contribution in [0.3, 0.4) is 0 Å². The number of hydrogen-bond donors (Lipinski definition) is 3. The third kappa shape index (κ3) is 6.05. The summed E-state index contributed by atoms with van der Waals surface area (Å²) in [6.07, 6.45) is 8.06. The Morgan fingerprint density at radius 2 is 1.74 bits per heavy atom. The molecule has 19 heavy (non-hydrogen) atoms. The second kappa shape index (κ2) is 8.15. The van der Waals surface area contributed by atoms with Gasteiger partial charge in [0.1, 0.15) is 0 Å². The Kier molecular flexibility index (Phi) is 6.84. The normalized spacial score (nSPS) is 17.3. The molecule has 0 aliphatic heterocycles. The number of nitrogens with two attached hydrogens (primary N) is 1. The van der Waals surface area contributed by atoms with Crippen LogP contribution in [0, 0.1) is 0 Å². The number of carboxylic acid groups (broad SMARTS) is 1. The van der Waals surface area contributed by atoms with Crippen molar-refractivity contribution >= 4 is 11.9 Å². The van der Waals surface area contributed by atoms with Gasteiger partial charge in [-0.25, -0.2) is 0 Å². The molecule has 5 nitrogen and oxygen atoms in total. The summed E-state index contributed by atoms with van der Waals surface area (Å²) in [7, 11) is 0. The predicted molar refractivity (Wildman–Crippen MR) is 73.7 cm³/mol. The molecule has 1 fully saturated rings. The maximum Gasteiger partial charge on any atom is 0.305 e. The van der Waals surface area contributed by atoms with Gasteiger partial charge in [0.2, 0.25) is 5.91 Å². The number of carboxylic acids is 1. The highest BCUT2D eigenvalue weighted by atomic mass is 16.4. The van der Waals surface area contributed by atoms with E-state index in [9.17, 15) is 9.59 Å². The minimum atomic E-state index is -0.829. The summed E-state index contributed by atoms with van der Waals surface area (Å²) < 4.78 is 0. The van der Waals surface area contributed by atoms with Gasteiger partial charge in [-0.2, -0.15) is 0 Å². The molecule has 1 aliphatic rings. The van der Waals surface area contributed by atoms with Gasteiger partial charge in [-0.05, 0) is 32.2 Å². The molecular weight excluding hydrogens is 244 g/mol. The van der Waals surface area contributed by atoms with Gasteiger partial charge in [-0.3, -0.25) is 9.59 Å². The van der Waals surface area contributed by atoms with E-state index in [1.165, 1.54) is 0 Å². The second-order valence-corrected chi connectivity index (χ2v) is 5.56. The largest absolute Gasteiger partial charge is 0.481 e. The lowest BCUT2D eigenvalue weighted by Gasteiger charge is -2.28. The average molecular weight is 270 g/mol. The van der Waals surface area contributed by atoms with Gasteiger partial charge in [0.25, 0.3) is 0 Å². The highest BCUT2D eigenvalue weighted by Crippen LogP contribution is 2.32. The van der Waals surface area contributed by atoms with E-state index in [2.05, 4.69) is 5.32 Å². The van der Waals surface area contributed by atoms with Crippen LogP contribution in [-0.2, 0) is 9.59 Å². The SMILES string of the molecule is NCCCCCCC(=O)NC1(CC(=O)O)CCCC1. The quantitative estimate of drug-likeness (QED) is 0.557. The fourth-order valence-corrected chi connectivity index (χ4v) is 2.83. The molecule has 1 amide bonds. The molecule has 0 saturated heterocycles. The Labute approximate surface area is 114 Å². The Morgan fingerprint density at radius 1 is 1.11 bits per heavy atom. The number of amides is 1. The molecular formula is C14H26N2O3. The number of hydrogen-bond acceptors (Lipinski definition) is 3. The van der Waals surface area contributed by atoms with Crippen molar-refractivity contribution in [2.24, 2.45) is 5.73 Å². The fraction of sp³-hybridized carbons (Fsp3) is 0.857. The molecule has 0 aromatic heterocycles. The molecule has 0 atom stereocenters. The summed E-state index contributed by atoms with van der Waals surface area (Å²) in [5.74, 6) is -0.832. The molecule has 1 saturated carbocycles. The third-order valence-corrected chi connectivity index (χ3v) is 3.81. The van der Waals surface area contributed by atoms with Crippen molar-refractivity contribution in [3.8, 4) is 0 Å². The predicted octanol–water partition coefficient (Wildman–Crippen LogP) is 1.80. The molecule has 110 valence electrons. The van der Waals surface area contributed by atoms with Crippen LogP contribution >= 0.6 is 0 Å². The van der Waals surface area contributed by atoms with Crippen LogP contribution in [0.25, 0.3) is 0 Å². The second-order valence-electron chi connectivity index (χ2n) is 5.56. The lowest BCUT2D eigenvalue weighted by molar-refractivity contribution is -0.139. The van der Waals surface area contributed by atoms with Gasteiger partial charge in [-0.15, -0.1) is 0 Å². The molecule has 0 unspecified atom stereocenters. The maximum absolute atomic E-state index is 11.9. The molecule has 0 radical (unpaired) electrons. The van der Waals surface area contributed by atoms with Crippen LogP contribution in [0.1, 0.15) is 64.2 Å². The van der Waals surface area contributed by atoms with E-state index < -0.39 is 11.5 Å². The molecule has 0 heterocycles. The van der Waals surface area contributed by atoms with Crippen molar-refractivity contribution < 1.29 is 14.7 Å². The molecule has 1 rings (SSSR count). The fourth-order valence-electron chi connectivity index (χ4n) is 2.83. The van der Waals surface area contributed by atoms with Crippen molar-refractivity contribution in [2.45, 2.75) is 69.7 Å². The average Bonchev–Trinajstić information content (AvgIpc) is 2.76. The van der Waals surface area contributed by atoms with Gasteiger partial charge in [0.05, 0.1) is 12.0 Å². The van der Waals surface area contributed by atoms with E-state index >= 15 is 0 Å². The Morgan fingerprint density at radius 3 is 2.32 bits per heavy atom. The number of carbonyl (C=O) groups excluding carboxylic acids is 1. The molecule has 1 aliphatic carbocycles. The van der Waals surface area contributed by atoms with Crippen molar-refractivity contribution in [3.05, 3.63) is 0 Å². The van der Waals surface area contributed by atoms with Crippen molar-refractivity contribution in [3.63, 3.8) is 0 Å². The van der Waals surface area contributed by atoms with Crippen LogP contribution in [0.5, 0.6) is 0 Å². The van der Waals surface area contributed by atoms with Crippen molar-refractivity contribution in [1.29, 1.82) is 0 Å². The lowest BCUT2D eigenvalue weighted by atomic mass is 9.93. The molecule has 0 bridgehead atoms. The van der Waals surface area contributed by atoms with Crippen LogP contribution in [-0.4, -0.2) is 29.1 Å². The van der Waals surface area contributed by atoms with Crippen molar-refractivity contribution in [2.75, 3.05) is 6.54 Å². The minimum absolute atomic E-state index is 0.00380. The zero-order valence-corrected chi connectivity index (χ0v) is 11.6. The first kappa shape index (κ1) is 16.0. The van der Waals surface area contributed by atoms with E-state index in [0.717, 1.165) is 51.4 Å². The highest BCUT2D eigenvalue weighted by Gasteiger charge is 2.37. The van der Waals surface area contributed by atoms with E-state index in [0.29, 0.717) is 13.0 Å². The van der Waals surface area contributed by atoms with Gasteiger partial charge < -0.3 is 16.2 Å². The standard InChI is InChI=1S/C14H26N2O3/c15-10-6-2-1-3-7-12(17)16-14(11-13(18)19)8-4-5-9-14/h1-11,15H2,(H,16,17)(H,18,19). The summed E-state index contributed by atoms with van der Waals surface area (Å²) in [4.78, 5) is 22.8. The first-order valence-electron chi connectivity index (χ1n) is 7.31. The molecule has 4 N–H and O–H groups in total. The number of carbonyl (C=O) groups is 2. The van der Waals surface area contributed by atoms with E-state index in [-0.39, 0.29) is 12.3 Å². The molecule has 5 heteroatoms. The van der Waals surface area contributed by atoms with Gasteiger partial charge in [0, 0.05) is 6.42 Å². The first-order chi connectivity index (χ1) is 9.08. The van der Waals surface area contributed by atoms with Gasteiger partial charge in [0.15, 0.2) is 0 Å². The third-order valence-electron chi connectivity index (χ3n) is 3.81. The summed E-state index contributed by atoms with van der Waals surface area (Å²) >= 11 is 0. The highest BCUT2D eigenvalue weighted by molar-refractivity contribution is 5.78. The molecule has 0 spiro atoms. The number of unbranched alkanes of at least 4 members (excludes halogenated alkanes) is 3. The summed E-state index contributed by atoms with van der Waals surface area (Å²) in [5.41, 5.74) is 4.92. The molecule has 0 aromatic carbocycles. The monoisotopic (exact) mass is 270 g/mol. The number of rotatable bonds is 9.